The van der Waals surface area contributed by atoms with E-state index >= 15 is 0 Å². The van der Waals surface area contributed by atoms with Crippen LogP contribution in [0.4, 0.5) is 5.82 Å². The molecule has 0 bridgehead atoms. The summed E-state index contributed by atoms with van der Waals surface area (Å²) in [5, 5.41) is 7.03. The predicted molar refractivity (Wildman–Crippen MR) is 60.8 cm³/mol. The molecule has 1 unspecified atom stereocenters. The number of aromatic nitrogens is 2. The lowest BCUT2D eigenvalue weighted by atomic mass is 10.4. The summed E-state index contributed by atoms with van der Waals surface area (Å²) in [6.45, 7) is 2.53. The molecule has 0 spiro atoms. The SMILES string of the molecule is Cc1[nH]nc(N2CC(S)CC2=O)c1Br. The Hall–Kier alpha value is -0.490. The summed E-state index contributed by atoms with van der Waals surface area (Å²) >= 11 is 7.68. The number of H-pyrrole nitrogens is 1. The van der Waals surface area contributed by atoms with Crippen LogP contribution in [0, 0.1) is 6.92 Å². The Kier molecular flexibility index (Phi) is 2.57. The monoisotopic (exact) mass is 275 g/mol. The minimum absolute atomic E-state index is 0.0807. The fourth-order valence-corrected chi connectivity index (χ4v) is 2.19. The first-order valence-corrected chi connectivity index (χ1v) is 5.59. The number of halogens is 1. The van der Waals surface area contributed by atoms with Crippen molar-refractivity contribution in [2.75, 3.05) is 11.4 Å². The number of nitrogens with one attached hydrogen (secondary N) is 1. The van der Waals surface area contributed by atoms with Crippen molar-refractivity contribution in [3.8, 4) is 0 Å². The van der Waals surface area contributed by atoms with E-state index in [4.69, 9.17) is 0 Å². The van der Waals surface area contributed by atoms with Gasteiger partial charge in [0.1, 0.15) is 0 Å². The van der Waals surface area contributed by atoms with Crippen molar-refractivity contribution in [3.05, 3.63) is 10.2 Å². The normalized spacial score (nSPS) is 22.1. The van der Waals surface area contributed by atoms with Gasteiger partial charge < -0.3 is 0 Å². The molecule has 0 saturated carbocycles. The molecule has 1 fully saturated rings. The first-order chi connectivity index (χ1) is 6.59. The number of aromatic amines is 1. The molecule has 0 radical (unpaired) electrons. The van der Waals surface area contributed by atoms with Crippen LogP contribution in [0.3, 0.4) is 0 Å². The maximum Gasteiger partial charge on any atom is 0.229 e. The molecule has 1 aromatic heterocycles. The average molecular weight is 276 g/mol. The molecule has 1 atom stereocenters. The summed E-state index contributed by atoms with van der Waals surface area (Å²) < 4.78 is 0.855. The van der Waals surface area contributed by atoms with Gasteiger partial charge in [0.2, 0.25) is 5.91 Å². The minimum Gasteiger partial charge on any atom is -0.293 e. The van der Waals surface area contributed by atoms with E-state index in [-0.39, 0.29) is 11.2 Å². The van der Waals surface area contributed by atoms with Gasteiger partial charge in [-0.25, -0.2) is 0 Å². The lowest BCUT2D eigenvalue weighted by molar-refractivity contribution is -0.117. The largest absolute Gasteiger partial charge is 0.293 e. The fraction of sp³-hybridized carbons (Fsp3) is 0.500. The van der Waals surface area contributed by atoms with Crippen LogP contribution in [0.25, 0.3) is 0 Å². The van der Waals surface area contributed by atoms with Crippen LogP contribution in [0.5, 0.6) is 0 Å². The second-order valence-electron chi connectivity index (χ2n) is 3.35. The van der Waals surface area contributed by atoms with Crippen molar-refractivity contribution in [2.45, 2.75) is 18.6 Å². The average Bonchev–Trinajstić information content (AvgIpc) is 2.59. The quantitative estimate of drug-likeness (QED) is 0.764. The zero-order valence-electron chi connectivity index (χ0n) is 7.62. The number of aryl methyl sites for hydroxylation is 1. The zero-order chi connectivity index (χ0) is 10.3. The van der Waals surface area contributed by atoms with Crippen molar-refractivity contribution in [2.24, 2.45) is 0 Å². The van der Waals surface area contributed by atoms with Gasteiger partial charge in [-0.05, 0) is 22.9 Å². The van der Waals surface area contributed by atoms with Crippen molar-refractivity contribution in [3.63, 3.8) is 0 Å². The summed E-state index contributed by atoms with van der Waals surface area (Å²) in [6.07, 6.45) is 0.488. The Morgan fingerprint density at radius 2 is 2.43 bits per heavy atom. The molecule has 0 aliphatic carbocycles. The topological polar surface area (TPSA) is 49.0 Å². The standard InChI is InChI=1S/C8H10BrN3OS/c1-4-7(9)8(11-10-4)12-3-5(14)2-6(12)13/h5,14H,2-3H2,1H3,(H,10,11). The van der Waals surface area contributed by atoms with Crippen LogP contribution < -0.4 is 4.90 Å². The van der Waals surface area contributed by atoms with Gasteiger partial charge in [-0.2, -0.15) is 17.7 Å². The molecule has 1 amide bonds. The van der Waals surface area contributed by atoms with Crippen LogP contribution >= 0.6 is 28.6 Å². The van der Waals surface area contributed by atoms with Gasteiger partial charge in [-0.3, -0.25) is 14.8 Å². The Labute approximate surface area is 95.6 Å². The molecular formula is C8H10BrN3OS. The van der Waals surface area contributed by atoms with Crippen LogP contribution in [0.1, 0.15) is 12.1 Å². The second kappa shape index (κ2) is 3.58. The summed E-state index contributed by atoms with van der Waals surface area (Å²) in [4.78, 5) is 13.2. The zero-order valence-corrected chi connectivity index (χ0v) is 10.1. The number of carbonyl (C=O) groups excluding carboxylic acids is 1. The molecule has 2 heterocycles. The highest BCUT2D eigenvalue weighted by molar-refractivity contribution is 9.10. The molecule has 1 aliphatic heterocycles. The fourth-order valence-electron chi connectivity index (χ4n) is 1.47. The third kappa shape index (κ3) is 1.56. The predicted octanol–water partition coefficient (Wildman–Crippen LogP) is 1.52. The molecule has 4 nitrogen and oxygen atoms in total. The van der Waals surface area contributed by atoms with Gasteiger partial charge in [0.15, 0.2) is 5.82 Å². The number of carbonyl (C=O) groups is 1. The van der Waals surface area contributed by atoms with E-state index in [9.17, 15) is 4.79 Å². The Morgan fingerprint density at radius 3 is 2.86 bits per heavy atom. The van der Waals surface area contributed by atoms with E-state index in [2.05, 4.69) is 38.8 Å². The van der Waals surface area contributed by atoms with Crippen LogP contribution in [-0.2, 0) is 4.79 Å². The highest BCUT2D eigenvalue weighted by atomic mass is 79.9. The molecule has 1 aliphatic rings. The van der Waals surface area contributed by atoms with Crippen LogP contribution in [0.2, 0.25) is 0 Å². The maximum absolute atomic E-state index is 11.5. The van der Waals surface area contributed by atoms with Crippen molar-refractivity contribution in [1.82, 2.24) is 10.2 Å². The first kappa shape index (κ1) is 10.0. The number of thiol groups is 1. The van der Waals surface area contributed by atoms with Crippen molar-refractivity contribution in [1.29, 1.82) is 0 Å². The Bertz CT molecular complexity index is 379. The third-order valence-electron chi connectivity index (χ3n) is 2.22. The van der Waals surface area contributed by atoms with E-state index in [1.54, 1.807) is 4.90 Å². The third-order valence-corrected chi connectivity index (χ3v) is 3.51. The number of amides is 1. The molecule has 76 valence electrons. The van der Waals surface area contributed by atoms with Crippen LogP contribution in [0.15, 0.2) is 4.47 Å². The molecule has 1 N–H and O–H groups in total. The van der Waals surface area contributed by atoms with E-state index in [1.165, 1.54) is 0 Å². The maximum atomic E-state index is 11.5. The number of hydrogen-bond donors (Lipinski definition) is 2. The molecule has 6 heteroatoms. The van der Waals surface area contributed by atoms with Gasteiger partial charge in [0.25, 0.3) is 0 Å². The first-order valence-electron chi connectivity index (χ1n) is 4.28. The number of anilines is 1. The Balaban J connectivity index is 2.32. The Morgan fingerprint density at radius 1 is 1.71 bits per heavy atom. The lowest BCUT2D eigenvalue weighted by Crippen LogP contribution is -2.25. The lowest BCUT2D eigenvalue weighted by Gasteiger charge is -2.12. The number of nitrogens with zero attached hydrogens (tertiary/aromatic N) is 2. The number of hydrogen-bond acceptors (Lipinski definition) is 3. The van der Waals surface area contributed by atoms with Crippen LogP contribution in [-0.4, -0.2) is 27.9 Å². The van der Waals surface area contributed by atoms with Crippen molar-refractivity contribution < 1.29 is 4.79 Å². The second-order valence-corrected chi connectivity index (χ2v) is 4.87. The number of rotatable bonds is 1. The highest BCUT2D eigenvalue weighted by Crippen LogP contribution is 2.30. The van der Waals surface area contributed by atoms with E-state index in [1.807, 2.05) is 6.92 Å². The molecular weight excluding hydrogens is 266 g/mol. The molecule has 0 aromatic carbocycles. The summed E-state index contributed by atoms with van der Waals surface area (Å²) in [6, 6.07) is 0. The van der Waals surface area contributed by atoms with Gasteiger partial charge in [-0.1, -0.05) is 0 Å². The highest BCUT2D eigenvalue weighted by Gasteiger charge is 2.31. The van der Waals surface area contributed by atoms with Crippen molar-refractivity contribution >= 4 is 40.3 Å². The molecule has 2 rings (SSSR count). The molecule has 14 heavy (non-hydrogen) atoms. The van der Waals surface area contributed by atoms with Gasteiger partial charge in [-0.15, -0.1) is 0 Å². The molecule has 1 aromatic rings. The van der Waals surface area contributed by atoms with E-state index in [0.717, 1.165) is 10.2 Å². The summed E-state index contributed by atoms with van der Waals surface area (Å²) in [7, 11) is 0. The van der Waals surface area contributed by atoms with Gasteiger partial charge in [0.05, 0.1) is 4.47 Å². The molecule has 1 saturated heterocycles. The minimum atomic E-state index is 0.0807. The van der Waals surface area contributed by atoms with Gasteiger partial charge >= 0.3 is 0 Å². The summed E-state index contributed by atoms with van der Waals surface area (Å²) in [5.41, 5.74) is 0.926. The summed E-state index contributed by atoms with van der Waals surface area (Å²) in [5.74, 6) is 0.751. The smallest absolute Gasteiger partial charge is 0.229 e. The van der Waals surface area contributed by atoms with E-state index < -0.39 is 0 Å². The van der Waals surface area contributed by atoms with Gasteiger partial charge in [0, 0.05) is 23.9 Å². The van der Waals surface area contributed by atoms with E-state index in [0.29, 0.717) is 18.8 Å².